The number of carbonyl (C=O) groups excluding carboxylic acids is 2. The zero-order chi connectivity index (χ0) is 15.5. The number of carbonyl (C=O) groups is 1. The van der Waals surface area contributed by atoms with E-state index in [4.69, 9.17) is 11.3 Å². The fourth-order valence-electron chi connectivity index (χ4n) is 2.19. The first-order valence-corrected chi connectivity index (χ1v) is 6.46. The van der Waals surface area contributed by atoms with Gasteiger partial charge in [-0.25, -0.2) is 9.86 Å². The van der Waals surface area contributed by atoms with Gasteiger partial charge in [0.2, 0.25) is 0 Å². The number of dihydropyridines is 1. The van der Waals surface area contributed by atoms with Crippen LogP contribution in [0.5, 0.6) is 0 Å². The molecule has 0 radical (unpaired) electrons. The van der Waals surface area contributed by atoms with E-state index in [9.17, 15) is 9.59 Å². The van der Waals surface area contributed by atoms with Gasteiger partial charge in [-0.3, -0.25) is 9.63 Å². The van der Waals surface area contributed by atoms with Gasteiger partial charge in [-0.15, -0.1) is 6.42 Å². The van der Waals surface area contributed by atoms with E-state index in [1.165, 1.54) is 11.1 Å². The molecule has 2 aliphatic rings. The highest BCUT2D eigenvalue weighted by molar-refractivity contribution is 6.02. The Labute approximate surface area is 126 Å². The standard InChI is InChI=1S/C16H11N3O3/c1-2-9-22-19-14-6-4-3-5-12(14)16(21)18-13-8-7-11(10-20)17-15(13)19/h1,3-8,17H,9H2,(H,18,21). The largest absolute Gasteiger partial charge is 0.329 e. The summed E-state index contributed by atoms with van der Waals surface area (Å²) in [4.78, 5) is 28.7. The van der Waals surface area contributed by atoms with Gasteiger partial charge in [0.05, 0.1) is 16.9 Å². The molecule has 0 fully saturated rings. The SMILES string of the molecule is C#CCON1C2=C(C=CC(=C=O)N2)NC(=O)c2ccccc21. The summed E-state index contributed by atoms with van der Waals surface area (Å²) < 4.78 is 0. The van der Waals surface area contributed by atoms with E-state index >= 15 is 0 Å². The Morgan fingerprint density at radius 3 is 2.82 bits per heavy atom. The molecule has 0 saturated heterocycles. The molecule has 1 aromatic rings. The van der Waals surface area contributed by atoms with Crippen LogP contribution in [0.2, 0.25) is 0 Å². The van der Waals surface area contributed by atoms with Crippen LogP contribution in [0.15, 0.2) is 53.6 Å². The van der Waals surface area contributed by atoms with E-state index in [0.717, 1.165) is 0 Å². The molecule has 0 atom stereocenters. The van der Waals surface area contributed by atoms with Gasteiger partial charge in [0.25, 0.3) is 5.91 Å². The fraction of sp³-hybridized carbons (Fsp3) is 0.0625. The van der Waals surface area contributed by atoms with E-state index in [0.29, 0.717) is 22.8 Å². The summed E-state index contributed by atoms with van der Waals surface area (Å²) in [6.45, 7) is 0.00480. The monoisotopic (exact) mass is 293 g/mol. The molecule has 0 bridgehead atoms. The first kappa shape index (κ1) is 13.7. The molecule has 2 N–H and O–H groups in total. The predicted molar refractivity (Wildman–Crippen MR) is 79.7 cm³/mol. The average molecular weight is 293 g/mol. The Kier molecular flexibility index (Phi) is 3.50. The number of terminal acetylenes is 1. The summed E-state index contributed by atoms with van der Waals surface area (Å²) in [5, 5.41) is 7.04. The zero-order valence-corrected chi connectivity index (χ0v) is 11.4. The molecular formula is C16H11N3O3. The van der Waals surface area contributed by atoms with Gasteiger partial charge in [0.1, 0.15) is 12.3 Å². The summed E-state index contributed by atoms with van der Waals surface area (Å²) in [5.41, 5.74) is 1.65. The highest BCUT2D eigenvalue weighted by atomic mass is 16.7. The number of para-hydroxylation sites is 1. The van der Waals surface area contributed by atoms with Crippen molar-refractivity contribution in [1.29, 1.82) is 0 Å². The molecule has 108 valence electrons. The Bertz CT molecular complexity index is 795. The second-order valence-corrected chi connectivity index (χ2v) is 4.48. The van der Waals surface area contributed by atoms with Crippen LogP contribution in [-0.2, 0) is 9.63 Å². The number of allylic oxidation sites excluding steroid dienone is 2. The molecule has 0 unspecified atom stereocenters. The lowest BCUT2D eigenvalue weighted by Gasteiger charge is -2.27. The Balaban J connectivity index is 2.15. The van der Waals surface area contributed by atoms with E-state index in [1.54, 1.807) is 36.3 Å². The van der Waals surface area contributed by atoms with Crippen molar-refractivity contribution in [3.8, 4) is 12.3 Å². The lowest BCUT2D eigenvalue weighted by molar-refractivity contribution is 0.0967. The van der Waals surface area contributed by atoms with Crippen molar-refractivity contribution in [3.63, 3.8) is 0 Å². The van der Waals surface area contributed by atoms with Gasteiger partial charge in [-0.1, -0.05) is 18.1 Å². The number of hydrogen-bond acceptors (Lipinski definition) is 5. The number of anilines is 1. The Hall–Kier alpha value is -3.26. The third kappa shape index (κ3) is 2.27. The molecule has 6 heteroatoms. The first-order chi connectivity index (χ1) is 10.7. The van der Waals surface area contributed by atoms with Gasteiger partial charge >= 0.3 is 0 Å². The van der Waals surface area contributed by atoms with E-state index in [-0.39, 0.29) is 18.2 Å². The zero-order valence-electron chi connectivity index (χ0n) is 11.4. The minimum Gasteiger partial charge on any atom is -0.329 e. The summed E-state index contributed by atoms with van der Waals surface area (Å²) in [6, 6.07) is 6.93. The van der Waals surface area contributed by atoms with Crippen molar-refractivity contribution in [1.82, 2.24) is 10.6 Å². The molecular weight excluding hydrogens is 282 g/mol. The number of rotatable bonds is 2. The molecule has 3 rings (SSSR count). The highest BCUT2D eigenvalue weighted by Crippen LogP contribution is 2.29. The lowest BCUT2D eigenvalue weighted by Crippen LogP contribution is -2.35. The summed E-state index contributed by atoms with van der Waals surface area (Å²) in [7, 11) is 0. The Morgan fingerprint density at radius 2 is 2.05 bits per heavy atom. The molecule has 2 heterocycles. The van der Waals surface area contributed by atoms with Crippen LogP contribution < -0.4 is 15.7 Å². The van der Waals surface area contributed by atoms with Crippen molar-refractivity contribution in [2.75, 3.05) is 11.7 Å². The van der Waals surface area contributed by atoms with E-state index in [1.807, 2.05) is 0 Å². The minimum atomic E-state index is -0.278. The van der Waals surface area contributed by atoms with Crippen LogP contribution in [0.3, 0.4) is 0 Å². The third-order valence-corrected chi connectivity index (χ3v) is 3.13. The number of benzene rings is 1. The molecule has 0 aromatic heterocycles. The van der Waals surface area contributed by atoms with E-state index < -0.39 is 0 Å². The van der Waals surface area contributed by atoms with Crippen molar-refractivity contribution < 1.29 is 14.4 Å². The molecule has 0 aliphatic carbocycles. The quantitative estimate of drug-likeness (QED) is 0.625. The smallest absolute Gasteiger partial charge is 0.257 e. The number of nitrogens with zero attached hydrogens (tertiary/aromatic N) is 1. The molecule has 2 aliphatic heterocycles. The van der Waals surface area contributed by atoms with Crippen LogP contribution >= 0.6 is 0 Å². The topological polar surface area (TPSA) is 70.7 Å². The number of nitrogens with one attached hydrogen (secondary N) is 2. The molecule has 0 spiro atoms. The normalized spacial score (nSPS) is 15.9. The summed E-state index contributed by atoms with van der Waals surface area (Å²) >= 11 is 0. The van der Waals surface area contributed by atoms with Gasteiger partial charge < -0.3 is 10.6 Å². The van der Waals surface area contributed by atoms with Crippen molar-refractivity contribution >= 4 is 17.5 Å². The third-order valence-electron chi connectivity index (χ3n) is 3.13. The van der Waals surface area contributed by atoms with Crippen LogP contribution in [0, 0.1) is 12.3 Å². The number of amides is 1. The molecule has 22 heavy (non-hydrogen) atoms. The van der Waals surface area contributed by atoms with Crippen LogP contribution in [0.25, 0.3) is 0 Å². The average Bonchev–Trinajstić information content (AvgIpc) is 2.67. The first-order valence-electron chi connectivity index (χ1n) is 6.46. The van der Waals surface area contributed by atoms with Crippen molar-refractivity contribution in [3.05, 3.63) is 59.2 Å². The number of hydroxylamine groups is 1. The Morgan fingerprint density at radius 1 is 1.23 bits per heavy atom. The fourth-order valence-corrected chi connectivity index (χ4v) is 2.19. The molecule has 1 aromatic carbocycles. The number of hydrogen-bond donors (Lipinski definition) is 2. The second-order valence-electron chi connectivity index (χ2n) is 4.48. The number of fused-ring (bicyclic) bond motifs is 1. The summed E-state index contributed by atoms with van der Waals surface area (Å²) in [6.07, 6.45) is 8.37. The summed E-state index contributed by atoms with van der Waals surface area (Å²) in [5.74, 6) is 4.26. The molecule has 6 nitrogen and oxygen atoms in total. The lowest BCUT2D eigenvalue weighted by atomic mass is 10.1. The molecule has 1 amide bonds. The maximum absolute atomic E-state index is 12.3. The van der Waals surface area contributed by atoms with Gasteiger partial charge in [-0.05, 0) is 24.3 Å². The maximum atomic E-state index is 12.3. The van der Waals surface area contributed by atoms with E-state index in [2.05, 4.69) is 16.6 Å². The van der Waals surface area contributed by atoms with Gasteiger partial charge in [0, 0.05) is 0 Å². The second kappa shape index (κ2) is 5.62. The highest BCUT2D eigenvalue weighted by Gasteiger charge is 2.29. The molecule has 0 saturated carbocycles. The predicted octanol–water partition coefficient (Wildman–Crippen LogP) is 0.845. The van der Waals surface area contributed by atoms with Gasteiger partial charge in [-0.2, -0.15) is 0 Å². The van der Waals surface area contributed by atoms with Crippen molar-refractivity contribution in [2.45, 2.75) is 0 Å². The van der Waals surface area contributed by atoms with Crippen LogP contribution in [0.4, 0.5) is 5.69 Å². The van der Waals surface area contributed by atoms with Crippen LogP contribution in [-0.4, -0.2) is 18.5 Å². The van der Waals surface area contributed by atoms with Gasteiger partial charge in [0.15, 0.2) is 11.8 Å². The minimum absolute atomic E-state index is 0.00480. The maximum Gasteiger partial charge on any atom is 0.257 e. The van der Waals surface area contributed by atoms with Crippen LogP contribution in [0.1, 0.15) is 10.4 Å². The van der Waals surface area contributed by atoms with Crippen molar-refractivity contribution in [2.24, 2.45) is 0 Å².